The first kappa shape index (κ1) is 11.7. The van der Waals surface area contributed by atoms with E-state index in [1.54, 1.807) is 25.1 Å². The van der Waals surface area contributed by atoms with Crippen LogP contribution in [0, 0.1) is 5.92 Å². The summed E-state index contributed by atoms with van der Waals surface area (Å²) in [6.45, 7) is 1.90. The number of anilines is 1. The average Bonchev–Trinajstić information content (AvgIpc) is 2.15. The molecule has 1 unspecified atom stereocenters. The number of nitrogens with two attached hydrogens (primary N) is 2. The Hall–Kier alpha value is -1.42. The highest BCUT2D eigenvalue weighted by Gasteiger charge is 2.10. The van der Waals surface area contributed by atoms with Crippen molar-refractivity contribution >= 4 is 23.2 Å². The minimum atomic E-state index is -0.401. The second-order valence-corrected chi connectivity index (χ2v) is 3.71. The summed E-state index contributed by atoms with van der Waals surface area (Å²) in [6.07, 6.45) is 0. The molecule has 0 heterocycles. The number of primary amides is 1. The van der Waals surface area contributed by atoms with Gasteiger partial charge in [-0.3, -0.25) is 4.79 Å². The highest BCUT2D eigenvalue weighted by atomic mass is 35.5. The summed E-state index contributed by atoms with van der Waals surface area (Å²) in [6, 6.07) is 4.92. The summed E-state index contributed by atoms with van der Waals surface area (Å²) in [5.41, 5.74) is 11.2. The molecule has 0 aliphatic carbocycles. The zero-order valence-corrected chi connectivity index (χ0v) is 9.12. The molecular formula is C10H13ClN2O2. The first-order chi connectivity index (χ1) is 7.00. The maximum Gasteiger partial charge on any atom is 0.223 e. The summed E-state index contributed by atoms with van der Waals surface area (Å²) in [5, 5.41) is 0.423. The molecule has 1 aromatic carbocycles. The van der Waals surface area contributed by atoms with E-state index in [2.05, 4.69) is 0 Å². The molecule has 0 saturated carbocycles. The monoisotopic (exact) mass is 228 g/mol. The van der Waals surface area contributed by atoms with Gasteiger partial charge in [0.25, 0.3) is 0 Å². The second kappa shape index (κ2) is 4.89. The number of nitrogen functional groups attached to an aromatic ring is 1. The van der Waals surface area contributed by atoms with Gasteiger partial charge in [0, 0.05) is 5.69 Å². The summed E-state index contributed by atoms with van der Waals surface area (Å²) in [7, 11) is 0. The Balaban J connectivity index is 2.62. The van der Waals surface area contributed by atoms with Crippen molar-refractivity contribution in [3.8, 4) is 5.75 Å². The van der Waals surface area contributed by atoms with Gasteiger partial charge >= 0.3 is 0 Å². The Morgan fingerprint density at radius 3 is 2.80 bits per heavy atom. The zero-order valence-electron chi connectivity index (χ0n) is 8.37. The number of hydrogen-bond acceptors (Lipinski definition) is 3. The molecule has 82 valence electrons. The third-order valence-electron chi connectivity index (χ3n) is 1.93. The standard InChI is InChI=1S/C10H13ClN2O2/c1-6(10(13)14)5-15-9-3-2-7(12)4-8(9)11/h2-4,6H,5,12H2,1H3,(H2,13,14). The maximum absolute atomic E-state index is 10.7. The molecule has 5 heteroatoms. The van der Waals surface area contributed by atoms with E-state index >= 15 is 0 Å². The molecule has 0 radical (unpaired) electrons. The van der Waals surface area contributed by atoms with Crippen LogP contribution in [-0.2, 0) is 4.79 Å². The van der Waals surface area contributed by atoms with Gasteiger partial charge in [-0.2, -0.15) is 0 Å². The molecule has 0 fully saturated rings. The SMILES string of the molecule is CC(COc1ccc(N)cc1Cl)C(N)=O. The van der Waals surface area contributed by atoms with Crippen LogP contribution in [0.1, 0.15) is 6.92 Å². The Kier molecular flexibility index (Phi) is 3.80. The van der Waals surface area contributed by atoms with E-state index in [-0.39, 0.29) is 12.5 Å². The van der Waals surface area contributed by atoms with Crippen molar-refractivity contribution in [2.45, 2.75) is 6.92 Å². The lowest BCUT2D eigenvalue weighted by atomic mass is 10.2. The predicted octanol–water partition coefficient (Wildman–Crippen LogP) is 1.42. The first-order valence-electron chi connectivity index (χ1n) is 4.48. The minimum Gasteiger partial charge on any atom is -0.491 e. The van der Waals surface area contributed by atoms with E-state index < -0.39 is 5.91 Å². The van der Waals surface area contributed by atoms with E-state index in [9.17, 15) is 4.79 Å². The molecule has 0 aromatic heterocycles. The van der Waals surface area contributed by atoms with Gasteiger partial charge in [0.15, 0.2) is 0 Å². The minimum absolute atomic E-state index is 0.207. The summed E-state index contributed by atoms with van der Waals surface area (Å²) < 4.78 is 5.33. The Bertz CT molecular complexity index is 368. The van der Waals surface area contributed by atoms with Gasteiger partial charge in [0.05, 0.1) is 17.5 Å². The van der Waals surface area contributed by atoms with Crippen molar-refractivity contribution in [2.24, 2.45) is 11.7 Å². The lowest BCUT2D eigenvalue weighted by Crippen LogP contribution is -2.25. The Labute approximate surface area is 93.1 Å². The highest BCUT2D eigenvalue weighted by Crippen LogP contribution is 2.26. The van der Waals surface area contributed by atoms with Gasteiger partial charge < -0.3 is 16.2 Å². The average molecular weight is 229 g/mol. The molecule has 0 saturated heterocycles. The fraction of sp³-hybridized carbons (Fsp3) is 0.300. The lowest BCUT2D eigenvalue weighted by Gasteiger charge is -2.11. The molecule has 1 aromatic rings. The maximum atomic E-state index is 10.7. The van der Waals surface area contributed by atoms with Gasteiger partial charge in [-0.15, -0.1) is 0 Å². The molecule has 1 amide bonds. The topological polar surface area (TPSA) is 78.3 Å². The van der Waals surface area contributed by atoms with Crippen molar-refractivity contribution in [1.82, 2.24) is 0 Å². The molecule has 0 aliphatic heterocycles. The number of carbonyl (C=O) groups is 1. The molecule has 0 aliphatic rings. The zero-order chi connectivity index (χ0) is 11.4. The van der Waals surface area contributed by atoms with Gasteiger partial charge in [0.1, 0.15) is 5.75 Å². The summed E-state index contributed by atoms with van der Waals surface area (Å²) in [5.74, 6) is -0.251. The molecule has 0 spiro atoms. The van der Waals surface area contributed by atoms with Gasteiger partial charge in [0.2, 0.25) is 5.91 Å². The van der Waals surface area contributed by atoms with Crippen LogP contribution in [-0.4, -0.2) is 12.5 Å². The van der Waals surface area contributed by atoms with E-state index in [0.29, 0.717) is 16.5 Å². The number of hydrogen-bond donors (Lipinski definition) is 2. The van der Waals surface area contributed by atoms with Crippen LogP contribution in [0.2, 0.25) is 5.02 Å². The van der Waals surface area contributed by atoms with Crippen molar-refractivity contribution in [2.75, 3.05) is 12.3 Å². The Morgan fingerprint density at radius 2 is 2.27 bits per heavy atom. The van der Waals surface area contributed by atoms with Gasteiger partial charge in [-0.05, 0) is 18.2 Å². The number of benzene rings is 1. The molecule has 1 atom stereocenters. The van der Waals surface area contributed by atoms with Crippen molar-refractivity contribution in [1.29, 1.82) is 0 Å². The molecular weight excluding hydrogens is 216 g/mol. The summed E-state index contributed by atoms with van der Waals surface area (Å²) >= 11 is 5.87. The van der Waals surface area contributed by atoms with E-state index in [0.717, 1.165) is 0 Å². The van der Waals surface area contributed by atoms with E-state index in [1.165, 1.54) is 0 Å². The van der Waals surface area contributed by atoms with Crippen LogP contribution < -0.4 is 16.2 Å². The fourth-order valence-corrected chi connectivity index (χ4v) is 1.17. The number of amides is 1. The fourth-order valence-electron chi connectivity index (χ4n) is 0.931. The third-order valence-corrected chi connectivity index (χ3v) is 2.23. The van der Waals surface area contributed by atoms with Crippen LogP contribution >= 0.6 is 11.6 Å². The smallest absolute Gasteiger partial charge is 0.223 e. The molecule has 4 nitrogen and oxygen atoms in total. The van der Waals surface area contributed by atoms with E-state index in [4.69, 9.17) is 27.8 Å². The normalized spacial score (nSPS) is 12.1. The molecule has 0 bridgehead atoms. The van der Waals surface area contributed by atoms with E-state index in [1.807, 2.05) is 0 Å². The number of rotatable bonds is 4. The van der Waals surface area contributed by atoms with Crippen LogP contribution in [0.15, 0.2) is 18.2 Å². The number of carbonyl (C=O) groups excluding carboxylic acids is 1. The molecule has 1 rings (SSSR count). The van der Waals surface area contributed by atoms with Gasteiger partial charge in [-0.1, -0.05) is 18.5 Å². The largest absolute Gasteiger partial charge is 0.491 e. The number of ether oxygens (including phenoxy) is 1. The van der Waals surface area contributed by atoms with Crippen molar-refractivity contribution in [3.63, 3.8) is 0 Å². The van der Waals surface area contributed by atoms with Crippen molar-refractivity contribution in [3.05, 3.63) is 23.2 Å². The summed E-state index contributed by atoms with van der Waals surface area (Å²) in [4.78, 5) is 10.7. The highest BCUT2D eigenvalue weighted by molar-refractivity contribution is 6.32. The van der Waals surface area contributed by atoms with Crippen LogP contribution in [0.25, 0.3) is 0 Å². The molecule has 15 heavy (non-hydrogen) atoms. The second-order valence-electron chi connectivity index (χ2n) is 3.30. The van der Waals surface area contributed by atoms with Crippen LogP contribution in [0.4, 0.5) is 5.69 Å². The molecule has 4 N–H and O–H groups in total. The van der Waals surface area contributed by atoms with Crippen molar-refractivity contribution < 1.29 is 9.53 Å². The quantitative estimate of drug-likeness (QED) is 0.765. The predicted molar refractivity (Wildman–Crippen MR) is 59.7 cm³/mol. The van der Waals surface area contributed by atoms with Gasteiger partial charge in [-0.25, -0.2) is 0 Å². The Morgan fingerprint density at radius 1 is 1.60 bits per heavy atom. The number of halogens is 1. The van der Waals surface area contributed by atoms with Crippen LogP contribution in [0.5, 0.6) is 5.75 Å². The third kappa shape index (κ3) is 3.32. The lowest BCUT2D eigenvalue weighted by molar-refractivity contribution is -0.122. The van der Waals surface area contributed by atoms with Crippen LogP contribution in [0.3, 0.4) is 0 Å². The first-order valence-corrected chi connectivity index (χ1v) is 4.85.